The summed E-state index contributed by atoms with van der Waals surface area (Å²) < 4.78 is 12.3. The molecule has 0 aliphatic heterocycles. The summed E-state index contributed by atoms with van der Waals surface area (Å²) in [5.74, 6) is 0.382. The number of thiazole rings is 1. The van der Waals surface area contributed by atoms with E-state index >= 15 is 0 Å². The highest BCUT2D eigenvalue weighted by Crippen LogP contribution is 2.35. The van der Waals surface area contributed by atoms with Crippen molar-refractivity contribution in [2.24, 2.45) is 0 Å². The van der Waals surface area contributed by atoms with Gasteiger partial charge in [0, 0.05) is 11.6 Å². The Labute approximate surface area is 139 Å². The minimum absolute atomic E-state index is 0.0260. The lowest BCUT2D eigenvalue weighted by molar-refractivity contribution is 0.101. The summed E-state index contributed by atoms with van der Waals surface area (Å²) in [6, 6.07) is 3.56. The third-order valence-electron chi connectivity index (χ3n) is 2.63. The van der Waals surface area contributed by atoms with E-state index < -0.39 is 0 Å². The molecule has 0 bridgehead atoms. The van der Waals surface area contributed by atoms with E-state index in [4.69, 9.17) is 21.1 Å². The maximum absolute atomic E-state index is 12.1. The minimum atomic E-state index is -0.359. The van der Waals surface area contributed by atoms with Crippen LogP contribution in [0, 0.1) is 0 Å². The van der Waals surface area contributed by atoms with Crippen LogP contribution in [-0.4, -0.2) is 28.4 Å². The van der Waals surface area contributed by atoms with Crippen LogP contribution in [0.25, 0.3) is 10.2 Å². The molecule has 1 heterocycles. The summed E-state index contributed by atoms with van der Waals surface area (Å²) in [5.41, 5.74) is 0.862. The Balaban J connectivity index is 2.54. The number of benzene rings is 1. The van der Waals surface area contributed by atoms with Gasteiger partial charge in [0.15, 0.2) is 5.78 Å². The average molecular weight is 342 g/mol. The van der Waals surface area contributed by atoms with E-state index in [-0.39, 0.29) is 23.4 Å². The van der Waals surface area contributed by atoms with Gasteiger partial charge in [-0.25, -0.2) is 4.98 Å². The summed E-state index contributed by atoms with van der Waals surface area (Å²) in [7, 11) is 0. The Bertz CT molecular complexity index is 688. The zero-order chi connectivity index (χ0) is 16.5. The molecule has 0 aliphatic carbocycles. The van der Waals surface area contributed by atoms with Gasteiger partial charge in [0.1, 0.15) is 11.4 Å². The van der Waals surface area contributed by atoms with Crippen molar-refractivity contribution in [2.45, 2.75) is 46.3 Å². The molecule has 0 N–H and O–H groups in total. The second kappa shape index (κ2) is 6.42. The van der Waals surface area contributed by atoms with Gasteiger partial charge in [-0.15, -0.1) is 11.6 Å². The Morgan fingerprint density at radius 2 is 2.05 bits per heavy atom. The fourth-order valence-corrected chi connectivity index (χ4v) is 3.13. The van der Waals surface area contributed by atoms with Crippen LogP contribution in [0.1, 0.15) is 45.0 Å². The molecule has 0 amide bonds. The highest BCUT2D eigenvalue weighted by molar-refractivity contribution is 7.20. The molecule has 0 radical (unpaired) electrons. The number of halogens is 1. The van der Waals surface area contributed by atoms with Crippen LogP contribution in [0.3, 0.4) is 0 Å². The molecular formula is C16H20ClNO3S. The van der Waals surface area contributed by atoms with Crippen LogP contribution >= 0.6 is 22.9 Å². The summed E-state index contributed by atoms with van der Waals surface area (Å²) in [6.45, 7) is 9.73. The molecule has 2 rings (SSSR count). The van der Waals surface area contributed by atoms with Gasteiger partial charge in [-0.2, -0.15) is 0 Å². The molecule has 0 saturated heterocycles. The van der Waals surface area contributed by atoms with Gasteiger partial charge in [0.05, 0.1) is 22.2 Å². The molecule has 4 nitrogen and oxygen atoms in total. The Hall–Kier alpha value is -1.33. The predicted molar refractivity (Wildman–Crippen MR) is 90.8 cm³/mol. The van der Waals surface area contributed by atoms with Gasteiger partial charge in [-0.3, -0.25) is 4.79 Å². The second-order valence-corrected chi connectivity index (χ2v) is 7.47. The standard InChI is InChI=1S/C16H20ClNO3S/c1-9(2)20-15-18-12-7-10(21-16(3,4)5)6-11(13(19)8-17)14(12)22-15/h6-7,9H,8H2,1-5H3. The molecule has 1 aromatic heterocycles. The summed E-state index contributed by atoms with van der Waals surface area (Å²) in [5, 5.41) is 0.543. The number of nitrogens with zero attached hydrogens (tertiary/aromatic N) is 1. The van der Waals surface area contributed by atoms with Crippen molar-refractivity contribution in [3.8, 4) is 10.9 Å². The topological polar surface area (TPSA) is 48.4 Å². The molecule has 1 aromatic carbocycles. The fraction of sp³-hybridized carbons (Fsp3) is 0.500. The largest absolute Gasteiger partial charge is 0.488 e. The average Bonchev–Trinajstić information content (AvgIpc) is 2.76. The first-order valence-corrected chi connectivity index (χ1v) is 8.44. The van der Waals surface area contributed by atoms with Gasteiger partial charge in [-0.05, 0) is 40.7 Å². The van der Waals surface area contributed by atoms with E-state index in [0.29, 0.717) is 22.0 Å². The highest BCUT2D eigenvalue weighted by atomic mass is 35.5. The number of carbonyl (C=O) groups excluding carboxylic acids is 1. The monoisotopic (exact) mass is 341 g/mol. The zero-order valence-corrected chi connectivity index (χ0v) is 15.0. The Morgan fingerprint density at radius 1 is 1.36 bits per heavy atom. The molecule has 0 atom stereocenters. The molecule has 120 valence electrons. The number of carbonyl (C=O) groups is 1. The van der Waals surface area contributed by atoms with Gasteiger partial charge in [0.25, 0.3) is 5.19 Å². The van der Waals surface area contributed by atoms with Gasteiger partial charge >= 0.3 is 0 Å². The fourth-order valence-electron chi connectivity index (χ4n) is 1.93. The quantitative estimate of drug-likeness (QED) is 0.585. The number of hydrogen-bond acceptors (Lipinski definition) is 5. The van der Waals surface area contributed by atoms with E-state index in [9.17, 15) is 4.79 Å². The van der Waals surface area contributed by atoms with Gasteiger partial charge in [0.2, 0.25) is 0 Å². The molecule has 0 aliphatic rings. The molecule has 0 saturated carbocycles. The number of aromatic nitrogens is 1. The number of ether oxygens (including phenoxy) is 2. The molecule has 0 fully saturated rings. The van der Waals surface area contributed by atoms with Crippen molar-refractivity contribution in [3.63, 3.8) is 0 Å². The normalized spacial score (nSPS) is 12.0. The molecule has 0 spiro atoms. The lowest BCUT2D eigenvalue weighted by Gasteiger charge is -2.21. The summed E-state index contributed by atoms with van der Waals surface area (Å²) in [4.78, 5) is 16.6. The maximum Gasteiger partial charge on any atom is 0.274 e. The van der Waals surface area contributed by atoms with Crippen LogP contribution < -0.4 is 9.47 Å². The predicted octanol–water partition coefficient (Wildman–Crippen LogP) is 4.68. The van der Waals surface area contributed by atoms with Crippen molar-refractivity contribution in [1.29, 1.82) is 0 Å². The number of rotatable bonds is 5. The van der Waals surface area contributed by atoms with Crippen LogP contribution in [0.15, 0.2) is 12.1 Å². The zero-order valence-electron chi connectivity index (χ0n) is 13.4. The lowest BCUT2D eigenvalue weighted by Crippen LogP contribution is -2.23. The Morgan fingerprint density at radius 3 is 2.59 bits per heavy atom. The number of Topliss-reactive ketones (excluding diaryl/α,β-unsaturated/α-hetero) is 1. The van der Waals surface area contributed by atoms with Crippen LogP contribution in [0.5, 0.6) is 10.9 Å². The van der Waals surface area contributed by atoms with E-state index in [2.05, 4.69) is 4.98 Å². The number of hydrogen-bond donors (Lipinski definition) is 0. The van der Waals surface area contributed by atoms with Gasteiger partial charge < -0.3 is 9.47 Å². The molecule has 22 heavy (non-hydrogen) atoms. The molecular weight excluding hydrogens is 322 g/mol. The number of ketones is 1. The van der Waals surface area contributed by atoms with Crippen molar-refractivity contribution < 1.29 is 14.3 Å². The van der Waals surface area contributed by atoms with Crippen molar-refractivity contribution in [2.75, 3.05) is 5.88 Å². The van der Waals surface area contributed by atoms with Crippen LogP contribution in [-0.2, 0) is 0 Å². The van der Waals surface area contributed by atoms with Crippen molar-refractivity contribution in [3.05, 3.63) is 17.7 Å². The van der Waals surface area contributed by atoms with E-state index in [0.717, 1.165) is 4.70 Å². The second-order valence-electron chi connectivity index (χ2n) is 6.24. The van der Waals surface area contributed by atoms with Crippen LogP contribution in [0.2, 0.25) is 0 Å². The highest BCUT2D eigenvalue weighted by Gasteiger charge is 2.19. The lowest BCUT2D eigenvalue weighted by atomic mass is 10.1. The molecule has 6 heteroatoms. The first-order chi connectivity index (χ1) is 10.2. The third kappa shape index (κ3) is 4.11. The molecule has 2 aromatic rings. The van der Waals surface area contributed by atoms with Crippen LogP contribution in [0.4, 0.5) is 0 Å². The number of fused-ring (bicyclic) bond motifs is 1. The summed E-state index contributed by atoms with van der Waals surface area (Å²) >= 11 is 7.08. The smallest absolute Gasteiger partial charge is 0.274 e. The van der Waals surface area contributed by atoms with Gasteiger partial charge in [-0.1, -0.05) is 11.3 Å². The van der Waals surface area contributed by atoms with E-state index in [1.54, 1.807) is 6.07 Å². The van der Waals surface area contributed by atoms with E-state index in [1.807, 2.05) is 40.7 Å². The first-order valence-electron chi connectivity index (χ1n) is 7.09. The third-order valence-corrected chi connectivity index (χ3v) is 3.86. The van der Waals surface area contributed by atoms with Crippen molar-refractivity contribution in [1.82, 2.24) is 4.98 Å². The minimum Gasteiger partial charge on any atom is -0.488 e. The maximum atomic E-state index is 12.1. The SMILES string of the molecule is CC(C)Oc1nc2cc(OC(C)(C)C)cc(C(=O)CCl)c2s1. The summed E-state index contributed by atoms with van der Waals surface area (Å²) in [6.07, 6.45) is 0.0260. The number of alkyl halides is 1. The Kier molecular flexibility index (Phi) is 4.97. The first kappa shape index (κ1) is 17.0. The van der Waals surface area contributed by atoms with E-state index in [1.165, 1.54) is 11.3 Å². The van der Waals surface area contributed by atoms with Crippen molar-refractivity contribution >= 4 is 38.9 Å². The molecule has 0 unspecified atom stereocenters.